The molecule has 0 saturated carbocycles. The lowest BCUT2D eigenvalue weighted by Gasteiger charge is -2.26. The Morgan fingerprint density at radius 2 is 2.05 bits per heavy atom. The van der Waals surface area contributed by atoms with E-state index in [2.05, 4.69) is 24.8 Å². The van der Waals surface area contributed by atoms with Crippen molar-refractivity contribution >= 4 is 28.9 Å². The minimum Gasteiger partial charge on any atom is -0.370 e. The number of alkyl halides is 1. The first-order valence-corrected chi connectivity index (χ1v) is 8.13. The second-order valence-corrected chi connectivity index (χ2v) is 6.48. The minimum absolute atomic E-state index is 0.528. The summed E-state index contributed by atoms with van der Waals surface area (Å²) in [4.78, 5) is 2.43. The van der Waals surface area contributed by atoms with E-state index >= 15 is 0 Å². The molecule has 0 aromatic heterocycles. The van der Waals surface area contributed by atoms with Gasteiger partial charge in [-0.1, -0.05) is 37.6 Å². The molecular weight excluding hydrogens is 277 g/mol. The molecule has 0 aliphatic carbocycles. The molecule has 1 fully saturated rings. The van der Waals surface area contributed by atoms with E-state index < -0.39 is 0 Å². The van der Waals surface area contributed by atoms with Gasteiger partial charge in [0.1, 0.15) is 0 Å². The molecular formula is C16H23Cl2N. The maximum Gasteiger partial charge on any atom is 0.0642 e. The van der Waals surface area contributed by atoms with E-state index in [0.717, 1.165) is 41.2 Å². The van der Waals surface area contributed by atoms with Crippen LogP contribution in [-0.4, -0.2) is 13.1 Å². The number of nitrogens with zero attached hydrogens (tertiary/aromatic N) is 1. The second kappa shape index (κ2) is 6.85. The van der Waals surface area contributed by atoms with E-state index in [4.69, 9.17) is 23.2 Å². The SMILES string of the molecule is CC(C)C1CCCN(c2c(Cl)cccc2CCl)CC1. The monoisotopic (exact) mass is 299 g/mol. The van der Waals surface area contributed by atoms with E-state index in [0.29, 0.717) is 5.88 Å². The number of hydrogen-bond acceptors (Lipinski definition) is 1. The lowest BCUT2D eigenvalue weighted by Crippen LogP contribution is -2.26. The molecule has 1 heterocycles. The zero-order valence-corrected chi connectivity index (χ0v) is 13.3. The minimum atomic E-state index is 0.528. The Morgan fingerprint density at radius 3 is 2.74 bits per heavy atom. The summed E-state index contributed by atoms with van der Waals surface area (Å²) in [6, 6.07) is 6.04. The summed E-state index contributed by atoms with van der Waals surface area (Å²) in [5.74, 6) is 2.14. The van der Waals surface area contributed by atoms with Crippen LogP contribution in [0.4, 0.5) is 5.69 Å². The van der Waals surface area contributed by atoms with Crippen LogP contribution in [0.2, 0.25) is 5.02 Å². The van der Waals surface area contributed by atoms with E-state index in [-0.39, 0.29) is 0 Å². The molecule has 1 saturated heterocycles. The van der Waals surface area contributed by atoms with Crippen LogP contribution in [0, 0.1) is 11.8 Å². The van der Waals surface area contributed by atoms with Gasteiger partial charge in [-0.05, 0) is 42.7 Å². The summed E-state index contributed by atoms with van der Waals surface area (Å²) in [5.41, 5.74) is 2.31. The van der Waals surface area contributed by atoms with Crippen molar-refractivity contribution in [3.63, 3.8) is 0 Å². The molecule has 1 aromatic rings. The molecule has 1 aromatic carbocycles. The highest BCUT2D eigenvalue weighted by atomic mass is 35.5. The summed E-state index contributed by atoms with van der Waals surface area (Å²) < 4.78 is 0. The fourth-order valence-corrected chi connectivity index (χ4v) is 3.56. The van der Waals surface area contributed by atoms with Gasteiger partial charge in [-0.3, -0.25) is 0 Å². The third kappa shape index (κ3) is 3.58. The van der Waals surface area contributed by atoms with Crippen molar-refractivity contribution in [2.75, 3.05) is 18.0 Å². The van der Waals surface area contributed by atoms with Crippen molar-refractivity contribution < 1.29 is 0 Å². The lowest BCUT2D eigenvalue weighted by atomic mass is 9.89. The smallest absolute Gasteiger partial charge is 0.0642 e. The average Bonchev–Trinajstić information content (AvgIpc) is 2.64. The van der Waals surface area contributed by atoms with Crippen LogP contribution in [0.5, 0.6) is 0 Å². The topological polar surface area (TPSA) is 3.24 Å². The van der Waals surface area contributed by atoms with Crippen LogP contribution in [0.25, 0.3) is 0 Å². The molecule has 2 rings (SSSR count). The Balaban J connectivity index is 2.18. The average molecular weight is 300 g/mol. The summed E-state index contributed by atoms with van der Waals surface area (Å²) in [5, 5.41) is 0.834. The zero-order valence-electron chi connectivity index (χ0n) is 11.8. The number of halogens is 2. The third-order valence-electron chi connectivity index (χ3n) is 4.25. The van der Waals surface area contributed by atoms with E-state index in [1.165, 1.54) is 19.3 Å². The maximum absolute atomic E-state index is 6.39. The maximum atomic E-state index is 6.39. The molecule has 0 amide bonds. The van der Waals surface area contributed by atoms with Crippen LogP contribution in [0.3, 0.4) is 0 Å². The molecule has 106 valence electrons. The van der Waals surface area contributed by atoms with Gasteiger partial charge in [-0.25, -0.2) is 0 Å². The van der Waals surface area contributed by atoms with Crippen LogP contribution < -0.4 is 4.90 Å². The van der Waals surface area contributed by atoms with Crippen molar-refractivity contribution in [1.29, 1.82) is 0 Å². The van der Waals surface area contributed by atoms with E-state index in [1.54, 1.807) is 0 Å². The number of benzene rings is 1. The molecule has 1 unspecified atom stereocenters. The van der Waals surface area contributed by atoms with E-state index in [9.17, 15) is 0 Å². The Morgan fingerprint density at radius 1 is 1.26 bits per heavy atom. The lowest BCUT2D eigenvalue weighted by molar-refractivity contribution is 0.351. The number of para-hydroxylation sites is 1. The number of rotatable bonds is 3. The fourth-order valence-electron chi connectivity index (χ4n) is 3.03. The predicted octanol–water partition coefficient (Wildman–Crippen LogP) is 5.34. The van der Waals surface area contributed by atoms with Gasteiger partial charge in [0, 0.05) is 19.0 Å². The van der Waals surface area contributed by atoms with Crippen molar-refractivity contribution in [2.45, 2.75) is 39.0 Å². The Hall–Kier alpha value is -0.400. The van der Waals surface area contributed by atoms with Gasteiger partial charge in [0.15, 0.2) is 0 Å². The molecule has 0 N–H and O–H groups in total. The highest BCUT2D eigenvalue weighted by Crippen LogP contribution is 2.34. The third-order valence-corrected chi connectivity index (χ3v) is 4.84. The molecule has 19 heavy (non-hydrogen) atoms. The van der Waals surface area contributed by atoms with Gasteiger partial charge in [0.25, 0.3) is 0 Å². The van der Waals surface area contributed by atoms with Crippen molar-refractivity contribution in [2.24, 2.45) is 11.8 Å². The molecule has 0 radical (unpaired) electrons. The Labute approximate surface area is 126 Å². The van der Waals surface area contributed by atoms with Gasteiger partial charge < -0.3 is 4.90 Å². The standard InChI is InChI=1S/C16H23Cl2N/c1-12(2)13-6-4-9-19(10-8-13)16-14(11-17)5-3-7-15(16)18/h3,5,7,12-13H,4,6,8-11H2,1-2H3. The van der Waals surface area contributed by atoms with Crippen LogP contribution >= 0.6 is 23.2 Å². The first kappa shape index (κ1) is 15.0. The summed E-state index contributed by atoms with van der Waals surface area (Å²) in [7, 11) is 0. The second-order valence-electron chi connectivity index (χ2n) is 5.80. The van der Waals surface area contributed by atoms with Gasteiger partial charge in [0.05, 0.1) is 10.7 Å². The Kier molecular flexibility index (Phi) is 5.41. The predicted molar refractivity (Wildman–Crippen MR) is 85.4 cm³/mol. The van der Waals surface area contributed by atoms with Crippen LogP contribution in [0.1, 0.15) is 38.7 Å². The highest BCUT2D eigenvalue weighted by molar-refractivity contribution is 6.33. The fraction of sp³-hybridized carbons (Fsp3) is 0.625. The molecule has 1 nitrogen and oxygen atoms in total. The van der Waals surface area contributed by atoms with Crippen molar-refractivity contribution in [1.82, 2.24) is 0 Å². The largest absolute Gasteiger partial charge is 0.370 e. The molecule has 3 heteroatoms. The number of anilines is 1. The first-order chi connectivity index (χ1) is 9.13. The normalized spacial score (nSPS) is 20.7. The summed E-state index contributed by atoms with van der Waals surface area (Å²) in [6.07, 6.45) is 3.83. The van der Waals surface area contributed by atoms with Gasteiger partial charge in [-0.2, -0.15) is 0 Å². The molecule has 1 aliphatic heterocycles. The van der Waals surface area contributed by atoms with Gasteiger partial charge >= 0.3 is 0 Å². The van der Waals surface area contributed by atoms with Crippen LogP contribution in [-0.2, 0) is 5.88 Å². The Bertz CT molecular complexity index is 417. The zero-order chi connectivity index (χ0) is 13.8. The van der Waals surface area contributed by atoms with Crippen LogP contribution in [0.15, 0.2) is 18.2 Å². The number of hydrogen-bond donors (Lipinski definition) is 0. The quantitative estimate of drug-likeness (QED) is 0.681. The summed E-state index contributed by atoms with van der Waals surface area (Å²) >= 11 is 12.5. The van der Waals surface area contributed by atoms with Crippen molar-refractivity contribution in [3.8, 4) is 0 Å². The van der Waals surface area contributed by atoms with Gasteiger partial charge in [-0.15, -0.1) is 11.6 Å². The highest BCUT2D eigenvalue weighted by Gasteiger charge is 2.22. The molecule has 1 atom stereocenters. The van der Waals surface area contributed by atoms with Crippen molar-refractivity contribution in [3.05, 3.63) is 28.8 Å². The van der Waals surface area contributed by atoms with E-state index in [1.807, 2.05) is 12.1 Å². The van der Waals surface area contributed by atoms with Gasteiger partial charge in [0.2, 0.25) is 0 Å². The molecule has 1 aliphatic rings. The molecule has 0 bridgehead atoms. The molecule has 0 spiro atoms. The first-order valence-electron chi connectivity index (χ1n) is 7.21. The summed E-state index contributed by atoms with van der Waals surface area (Å²) in [6.45, 7) is 6.85.